The Morgan fingerprint density at radius 1 is 1.29 bits per heavy atom. The second-order valence-electron chi connectivity index (χ2n) is 5.97. The maximum atomic E-state index is 12.6. The van der Waals surface area contributed by atoms with Gasteiger partial charge in [0.05, 0.1) is 10.8 Å². The van der Waals surface area contributed by atoms with Crippen molar-refractivity contribution in [1.29, 1.82) is 0 Å². The monoisotopic (exact) mass is 353 g/mol. The van der Waals surface area contributed by atoms with Gasteiger partial charge < -0.3 is 16.0 Å². The summed E-state index contributed by atoms with van der Waals surface area (Å²) in [5.41, 5.74) is 5.80. The number of nitrogens with two attached hydrogens (primary N) is 1. The van der Waals surface area contributed by atoms with Gasteiger partial charge in [0.25, 0.3) is 5.91 Å². The minimum Gasteiger partial charge on any atom is -0.355 e. The SMILES string of the molecule is CS(=O)(=O)c1ccc(C(=O)N2CCCC(C(=O)NCCN)C2)cc1. The normalized spacial score (nSPS) is 18.2. The van der Waals surface area contributed by atoms with E-state index in [0.717, 1.165) is 19.1 Å². The first-order valence-electron chi connectivity index (χ1n) is 7.90. The summed E-state index contributed by atoms with van der Waals surface area (Å²) in [6.07, 6.45) is 2.63. The van der Waals surface area contributed by atoms with Gasteiger partial charge in [0.2, 0.25) is 5.91 Å². The molecule has 2 rings (SSSR count). The van der Waals surface area contributed by atoms with E-state index in [4.69, 9.17) is 5.73 Å². The molecule has 0 radical (unpaired) electrons. The molecule has 0 bridgehead atoms. The van der Waals surface area contributed by atoms with Crippen molar-refractivity contribution in [2.24, 2.45) is 11.7 Å². The van der Waals surface area contributed by atoms with Crippen LogP contribution in [0.15, 0.2) is 29.2 Å². The van der Waals surface area contributed by atoms with Gasteiger partial charge in [0, 0.05) is 38.0 Å². The second kappa shape index (κ2) is 7.76. The summed E-state index contributed by atoms with van der Waals surface area (Å²) < 4.78 is 22.9. The number of carbonyl (C=O) groups is 2. The third-order valence-corrected chi connectivity index (χ3v) is 5.18. The van der Waals surface area contributed by atoms with Crippen molar-refractivity contribution in [3.05, 3.63) is 29.8 Å². The lowest BCUT2D eigenvalue weighted by molar-refractivity contribution is -0.126. The third kappa shape index (κ3) is 4.55. The molecule has 0 spiro atoms. The number of amides is 2. The number of benzene rings is 1. The maximum absolute atomic E-state index is 12.6. The molecule has 1 atom stereocenters. The molecule has 7 nitrogen and oxygen atoms in total. The molecule has 1 saturated heterocycles. The molecular formula is C16H23N3O4S. The predicted molar refractivity (Wildman–Crippen MR) is 90.2 cm³/mol. The number of hydrogen-bond donors (Lipinski definition) is 2. The van der Waals surface area contributed by atoms with Crippen LogP contribution in [0.4, 0.5) is 0 Å². The van der Waals surface area contributed by atoms with E-state index in [9.17, 15) is 18.0 Å². The molecule has 1 aromatic rings. The number of sulfone groups is 1. The first kappa shape index (κ1) is 18.4. The zero-order valence-electron chi connectivity index (χ0n) is 13.7. The van der Waals surface area contributed by atoms with Crippen molar-refractivity contribution in [2.45, 2.75) is 17.7 Å². The first-order valence-corrected chi connectivity index (χ1v) is 9.79. The standard InChI is InChI=1S/C16H23N3O4S/c1-24(22,23)14-6-4-12(5-7-14)16(21)19-10-2-3-13(11-19)15(20)18-9-8-17/h4-7,13H,2-3,8-11,17H2,1H3,(H,18,20). The highest BCUT2D eigenvalue weighted by Crippen LogP contribution is 2.19. The van der Waals surface area contributed by atoms with Crippen molar-refractivity contribution in [2.75, 3.05) is 32.4 Å². The van der Waals surface area contributed by atoms with Gasteiger partial charge in [-0.3, -0.25) is 9.59 Å². The molecule has 1 aromatic carbocycles. The maximum Gasteiger partial charge on any atom is 0.253 e. The summed E-state index contributed by atoms with van der Waals surface area (Å²) >= 11 is 0. The molecule has 8 heteroatoms. The lowest BCUT2D eigenvalue weighted by Crippen LogP contribution is -2.46. The van der Waals surface area contributed by atoms with Crippen LogP contribution in [-0.4, -0.2) is 57.6 Å². The molecule has 1 heterocycles. The largest absolute Gasteiger partial charge is 0.355 e. The average molecular weight is 353 g/mol. The summed E-state index contributed by atoms with van der Waals surface area (Å²) in [7, 11) is -3.29. The fourth-order valence-corrected chi connectivity index (χ4v) is 3.37. The van der Waals surface area contributed by atoms with Crippen molar-refractivity contribution in [1.82, 2.24) is 10.2 Å². The van der Waals surface area contributed by atoms with Crippen LogP contribution in [0.25, 0.3) is 0 Å². The number of likely N-dealkylation sites (tertiary alicyclic amines) is 1. The van der Waals surface area contributed by atoms with E-state index in [1.165, 1.54) is 24.3 Å². The molecule has 132 valence electrons. The van der Waals surface area contributed by atoms with Gasteiger partial charge in [-0.1, -0.05) is 0 Å². The quantitative estimate of drug-likeness (QED) is 0.775. The summed E-state index contributed by atoms with van der Waals surface area (Å²) in [6.45, 7) is 1.76. The van der Waals surface area contributed by atoms with Crippen LogP contribution in [0.2, 0.25) is 0 Å². The smallest absolute Gasteiger partial charge is 0.253 e. The highest BCUT2D eigenvalue weighted by Gasteiger charge is 2.28. The predicted octanol–water partition coefficient (Wildman–Crippen LogP) is 0.0172. The summed E-state index contributed by atoms with van der Waals surface area (Å²) in [5.74, 6) is -0.499. The minimum atomic E-state index is -3.29. The molecule has 1 aliphatic rings. The van der Waals surface area contributed by atoms with E-state index in [-0.39, 0.29) is 22.6 Å². The van der Waals surface area contributed by atoms with Crippen LogP contribution < -0.4 is 11.1 Å². The lowest BCUT2D eigenvalue weighted by atomic mass is 9.96. The molecule has 0 aromatic heterocycles. The van der Waals surface area contributed by atoms with Crippen LogP contribution in [0, 0.1) is 5.92 Å². The Hall–Kier alpha value is -1.93. The van der Waals surface area contributed by atoms with E-state index in [2.05, 4.69) is 5.32 Å². The zero-order valence-corrected chi connectivity index (χ0v) is 14.5. The molecular weight excluding hydrogens is 330 g/mol. The van der Waals surface area contributed by atoms with Crippen molar-refractivity contribution in [3.8, 4) is 0 Å². The molecule has 1 fully saturated rings. The summed E-state index contributed by atoms with van der Waals surface area (Å²) in [4.78, 5) is 26.4. The topological polar surface area (TPSA) is 110 Å². The van der Waals surface area contributed by atoms with Crippen LogP contribution >= 0.6 is 0 Å². The van der Waals surface area contributed by atoms with E-state index in [1.807, 2.05) is 0 Å². The Balaban J connectivity index is 2.05. The van der Waals surface area contributed by atoms with Gasteiger partial charge >= 0.3 is 0 Å². The molecule has 24 heavy (non-hydrogen) atoms. The number of hydrogen-bond acceptors (Lipinski definition) is 5. The van der Waals surface area contributed by atoms with Gasteiger partial charge in [0.15, 0.2) is 9.84 Å². The fourth-order valence-electron chi connectivity index (χ4n) is 2.74. The van der Waals surface area contributed by atoms with Gasteiger partial charge in [0.1, 0.15) is 0 Å². The number of piperidine rings is 1. The minimum absolute atomic E-state index is 0.0784. The summed E-state index contributed by atoms with van der Waals surface area (Å²) in [6, 6.07) is 5.88. The van der Waals surface area contributed by atoms with Gasteiger partial charge in [-0.15, -0.1) is 0 Å². The summed E-state index contributed by atoms with van der Waals surface area (Å²) in [5, 5.41) is 2.76. The van der Waals surface area contributed by atoms with Crippen molar-refractivity contribution >= 4 is 21.7 Å². The molecule has 0 aliphatic carbocycles. The van der Waals surface area contributed by atoms with E-state index >= 15 is 0 Å². The fraction of sp³-hybridized carbons (Fsp3) is 0.500. The van der Waals surface area contributed by atoms with Crippen LogP contribution in [-0.2, 0) is 14.6 Å². The number of carbonyl (C=O) groups excluding carboxylic acids is 2. The van der Waals surface area contributed by atoms with Crippen molar-refractivity contribution < 1.29 is 18.0 Å². The average Bonchev–Trinajstić information content (AvgIpc) is 2.58. The Kier molecular flexibility index (Phi) is 5.95. The molecule has 0 saturated carbocycles. The zero-order chi connectivity index (χ0) is 17.7. The third-order valence-electron chi connectivity index (χ3n) is 4.05. The Morgan fingerprint density at radius 3 is 2.54 bits per heavy atom. The number of rotatable bonds is 5. The van der Waals surface area contributed by atoms with E-state index < -0.39 is 9.84 Å². The first-order chi connectivity index (χ1) is 11.3. The molecule has 1 unspecified atom stereocenters. The van der Waals surface area contributed by atoms with Gasteiger partial charge in [-0.05, 0) is 37.1 Å². The molecule has 1 aliphatic heterocycles. The van der Waals surface area contributed by atoms with Crippen molar-refractivity contribution in [3.63, 3.8) is 0 Å². The number of nitrogens with one attached hydrogen (secondary N) is 1. The van der Waals surface area contributed by atoms with Crippen LogP contribution in [0.3, 0.4) is 0 Å². The van der Waals surface area contributed by atoms with E-state index in [1.54, 1.807) is 4.90 Å². The van der Waals surface area contributed by atoms with Gasteiger partial charge in [-0.2, -0.15) is 0 Å². The highest BCUT2D eigenvalue weighted by atomic mass is 32.2. The van der Waals surface area contributed by atoms with E-state index in [0.29, 0.717) is 31.7 Å². The van der Waals surface area contributed by atoms with Gasteiger partial charge in [-0.25, -0.2) is 8.42 Å². The number of nitrogens with zero attached hydrogens (tertiary/aromatic N) is 1. The van der Waals surface area contributed by atoms with Crippen LogP contribution in [0.1, 0.15) is 23.2 Å². The molecule has 3 N–H and O–H groups in total. The lowest BCUT2D eigenvalue weighted by Gasteiger charge is -2.32. The second-order valence-corrected chi connectivity index (χ2v) is 7.98. The Labute approximate surface area is 142 Å². The highest BCUT2D eigenvalue weighted by molar-refractivity contribution is 7.90. The van der Waals surface area contributed by atoms with Crippen LogP contribution in [0.5, 0.6) is 0 Å². The molecule has 2 amide bonds. The Morgan fingerprint density at radius 2 is 1.96 bits per heavy atom. The Bertz CT molecular complexity index is 701.